The summed E-state index contributed by atoms with van der Waals surface area (Å²) in [5.41, 5.74) is 9.33. The van der Waals surface area contributed by atoms with E-state index in [0.29, 0.717) is 17.9 Å². The molecule has 22 heavy (non-hydrogen) atoms. The van der Waals surface area contributed by atoms with E-state index in [4.69, 9.17) is 5.73 Å². The van der Waals surface area contributed by atoms with Gasteiger partial charge < -0.3 is 15.6 Å². The molecule has 0 aliphatic carbocycles. The maximum absolute atomic E-state index is 6.15. The molecule has 5 nitrogen and oxygen atoms in total. The van der Waals surface area contributed by atoms with Crippen LogP contribution in [0.1, 0.15) is 19.4 Å². The average Bonchev–Trinajstić information content (AvgIpc) is 3.13. The molecule has 3 aromatic rings. The van der Waals surface area contributed by atoms with Gasteiger partial charge in [-0.05, 0) is 18.9 Å². The van der Waals surface area contributed by atoms with E-state index in [1.165, 1.54) is 0 Å². The first-order chi connectivity index (χ1) is 10.7. The predicted octanol–water partition coefficient (Wildman–Crippen LogP) is 2.60. The molecule has 1 aliphatic heterocycles. The van der Waals surface area contributed by atoms with E-state index < -0.39 is 0 Å². The molecule has 2 atom stereocenters. The van der Waals surface area contributed by atoms with Crippen LogP contribution in [-0.4, -0.2) is 27.1 Å². The van der Waals surface area contributed by atoms with Crippen LogP contribution in [0.2, 0.25) is 0 Å². The Bertz CT molecular complexity index is 809. The summed E-state index contributed by atoms with van der Waals surface area (Å²) in [5.74, 6) is 0.543. The summed E-state index contributed by atoms with van der Waals surface area (Å²) in [6, 6.07) is 11.2. The Morgan fingerprint density at radius 2 is 2.05 bits per heavy atom. The predicted molar refractivity (Wildman–Crippen MR) is 88.5 cm³/mol. The SMILES string of the molecule is CC1CC(n2cc(-c3ccccc3)c3c(N)ncnc32)CN1. The van der Waals surface area contributed by atoms with Crippen molar-refractivity contribution in [3.63, 3.8) is 0 Å². The molecule has 2 unspecified atom stereocenters. The van der Waals surface area contributed by atoms with E-state index in [1.807, 2.05) is 18.2 Å². The zero-order valence-electron chi connectivity index (χ0n) is 12.5. The molecular formula is C17H19N5. The fraction of sp³-hybridized carbons (Fsp3) is 0.294. The van der Waals surface area contributed by atoms with E-state index in [2.05, 4.69) is 45.1 Å². The lowest BCUT2D eigenvalue weighted by atomic mass is 10.1. The molecule has 1 aliphatic rings. The molecule has 3 heterocycles. The average molecular weight is 293 g/mol. The van der Waals surface area contributed by atoms with Crippen molar-refractivity contribution < 1.29 is 0 Å². The number of nitrogens with two attached hydrogens (primary N) is 1. The fourth-order valence-electron chi connectivity index (χ4n) is 3.35. The van der Waals surface area contributed by atoms with Crippen molar-refractivity contribution in [1.29, 1.82) is 0 Å². The third kappa shape index (κ3) is 2.05. The van der Waals surface area contributed by atoms with Gasteiger partial charge in [0.2, 0.25) is 0 Å². The van der Waals surface area contributed by atoms with Crippen molar-refractivity contribution in [1.82, 2.24) is 19.9 Å². The summed E-state index contributed by atoms with van der Waals surface area (Å²) in [7, 11) is 0. The second kappa shape index (κ2) is 5.10. The Labute approximate surface area is 129 Å². The van der Waals surface area contributed by atoms with Crippen molar-refractivity contribution in [3.8, 4) is 11.1 Å². The highest BCUT2D eigenvalue weighted by molar-refractivity contribution is 6.00. The molecule has 3 N–H and O–H groups in total. The molecule has 2 aromatic heterocycles. The quantitative estimate of drug-likeness (QED) is 0.762. The Morgan fingerprint density at radius 3 is 2.77 bits per heavy atom. The Morgan fingerprint density at radius 1 is 1.23 bits per heavy atom. The summed E-state index contributed by atoms with van der Waals surface area (Å²) in [5, 5.41) is 4.45. The Balaban J connectivity index is 1.94. The van der Waals surface area contributed by atoms with Crippen LogP contribution in [0.4, 0.5) is 5.82 Å². The van der Waals surface area contributed by atoms with E-state index in [9.17, 15) is 0 Å². The van der Waals surface area contributed by atoms with Gasteiger partial charge in [0.15, 0.2) is 0 Å². The number of aromatic nitrogens is 3. The van der Waals surface area contributed by atoms with E-state index in [1.54, 1.807) is 6.33 Å². The first kappa shape index (κ1) is 13.3. The molecule has 1 saturated heterocycles. The number of fused-ring (bicyclic) bond motifs is 1. The molecule has 4 rings (SSSR count). The van der Waals surface area contributed by atoms with Crippen LogP contribution in [0.15, 0.2) is 42.9 Å². The van der Waals surface area contributed by atoms with E-state index >= 15 is 0 Å². The molecule has 1 fully saturated rings. The summed E-state index contributed by atoms with van der Waals surface area (Å²) < 4.78 is 2.26. The third-order valence-electron chi connectivity index (χ3n) is 4.44. The van der Waals surface area contributed by atoms with Gasteiger partial charge in [-0.2, -0.15) is 0 Å². The van der Waals surface area contributed by atoms with Crippen molar-refractivity contribution in [2.24, 2.45) is 0 Å². The van der Waals surface area contributed by atoms with Gasteiger partial charge in [0, 0.05) is 30.4 Å². The first-order valence-corrected chi connectivity index (χ1v) is 7.64. The van der Waals surface area contributed by atoms with E-state index in [0.717, 1.165) is 35.1 Å². The normalized spacial score (nSPS) is 21.5. The van der Waals surface area contributed by atoms with Crippen molar-refractivity contribution in [2.45, 2.75) is 25.4 Å². The second-order valence-corrected chi connectivity index (χ2v) is 5.97. The highest BCUT2D eigenvalue weighted by atomic mass is 15.1. The fourth-order valence-corrected chi connectivity index (χ4v) is 3.35. The maximum atomic E-state index is 6.15. The van der Waals surface area contributed by atoms with Gasteiger partial charge in [-0.15, -0.1) is 0 Å². The third-order valence-corrected chi connectivity index (χ3v) is 4.44. The van der Waals surface area contributed by atoms with Gasteiger partial charge in [-0.1, -0.05) is 30.3 Å². The number of rotatable bonds is 2. The van der Waals surface area contributed by atoms with Crippen LogP contribution in [0, 0.1) is 0 Å². The molecule has 0 radical (unpaired) electrons. The van der Waals surface area contributed by atoms with Crippen molar-refractivity contribution >= 4 is 16.9 Å². The van der Waals surface area contributed by atoms with Gasteiger partial charge in [-0.3, -0.25) is 0 Å². The first-order valence-electron chi connectivity index (χ1n) is 7.64. The van der Waals surface area contributed by atoms with Gasteiger partial charge in [0.25, 0.3) is 0 Å². The molecule has 1 aromatic carbocycles. The monoisotopic (exact) mass is 293 g/mol. The zero-order valence-corrected chi connectivity index (χ0v) is 12.5. The molecule has 5 heteroatoms. The number of anilines is 1. The second-order valence-electron chi connectivity index (χ2n) is 5.97. The minimum atomic E-state index is 0.407. The summed E-state index contributed by atoms with van der Waals surface area (Å²) >= 11 is 0. The van der Waals surface area contributed by atoms with Crippen LogP contribution in [0.25, 0.3) is 22.2 Å². The number of benzene rings is 1. The largest absolute Gasteiger partial charge is 0.383 e. The lowest BCUT2D eigenvalue weighted by Gasteiger charge is -2.12. The smallest absolute Gasteiger partial charge is 0.146 e. The van der Waals surface area contributed by atoms with Crippen molar-refractivity contribution in [2.75, 3.05) is 12.3 Å². The molecule has 0 bridgehead atoms. The van der Waals surface area contributed by atoms with Crippen LogP contribution < -0.4 is 11.1 Å². The summed E-state index contributed by atoms with van der Waals surface area (Å²) in [4.78, 5) is 8.69. The lowest BCUT2D eigenvalue weighted by molar-refractivity contribution is 0.550. The van der Waals surface area contributed by atoms with Crippen molar-refractivity contribution in [3.05, 3.63) is 42.9 Å². The van der Waals surface area contributed by atoms with Gasteiger partial charge in [0.1, 0.15) is 17.8 Å². The molecular weight excluding hydrogens is 274 g/mol. The van der Waals surface area contributed by atoms with Crippen LogP contribution in [0.3, 0.4) is 0 Å². The summed E-state index contributed by atoms with van der Waals surface area (Å²) in [6.45, 7) is 3.18. The number of nitrogens with one attached hydrogen (secondary N) is 1. The summed E-state index contributed by atoms with van der Waals surface area (Å²) in [6.07, 6.45) is 4.83. The number of nitrogen functional groups attached to an aromatic ring is 1. The minimum Gasteiger partial charge on any atom is -0.383 e. The maximum Gasteiger partial charge on any atom is 0.146 e. The minimum absolute atomic E-state index is 0.407. The Hall–Kier alpha value is -2.40. The zero-order chi connectivity index (χ0) is 15.1. The number of nitrogens with zero attached hydrogens (tertiary/aromatic N) is 3. The van der Waals surface area contributed by atoms with Gasteiger partial charge in [-0.25, -0.2) is 9.97 Å². The van der Waals surface area contributed by atoms with Crippen LogP contribution >= 0.6 is 0 Å². The highest BCUT2D eigenvalue weighted by Gasteiger charge is 2.25. The topological polar surface area (TPSA) is 68.8 Å². The van der Waals surface area contributed by atoms with Crippen LogP contribution in [-0.2, 0) is 0 Å². The lowest BCUT2D eigenvalue weighted by Crippen LogP contribution is -2.17. The number of hydrogen-bond donors (Lipinski definition) is 2. The molecule has 0 spiro atoms. The number of hydrogen-bond acceptors (Lipinski definition) is 4. The van der Waals surface area contributed by atoms with Crippen LogP contribution in [0.5, 0.6) is 0 Å². The molecule has 0 saturated carbocycles. The van der Waals surface area contributed by atoms with Gasteiger partial charge >= 0.3 is 0 Å². The molecule has 0 amide bonds. The highest BCUT2D eigenvalue weighted by Crippen LogP contribution is 2.35. The standard InChI is InChI=1S/C17H19N5/c1-11-7-13(8-19-11)22-9-14(12-5-3-2-4-6-12)15-16(18)20-10-21-17(15)22/h2-6,9-11,13,19H,7-8H2,1H3,(H2,18,20,21). The molecule has 112 valence electrons. The van der Waals surface area contributed by atoms with Gasteiger partial charge in [0.05, 0.1) is 5.39 Å². The Kier molecular flexibility index (Phi) is 3.08. The van der Waals surface area contributed by atoms with E-state index in [-0.39, 0.29) is 0 Å².